The number of amides is 2. The highest BCUT2D eigenvalue weighted by Crippen LogP contribution is 2.40. The molecule has 3 aromatic rings. The van der Waals surface area contributed by atoms with E-state index in [0.29, 0.717) is 5.52 Å². The molecule has 2 fully saturated rings. The molecule has 1 atom stereocenters. The van der Waals surface area contributed by atoms with Gasteiger partial charge in [0, 0.05) is 43.7 Å². The number of anilines is 3. The molecule has 2 aromatic carbocycles. The Kier molecular flexibility index (Phi) is 10.1. The molecule has 0 spiro atoms. The van der Waals surface area contributed by atoms with Crippen molar-refractivity contribution < 1.29 is 40.3 Å². The number of imidazole rings is 1. The van der Waals surface area contributed by atoms with Crippen LogP contribution in [0.4, 0.5) is 48.1 Å². The van der Waals surface area contributed by atoms with Crippen LogP contribution in [0, 0.1) is 23.1 Å². The number of hydrogen-bond donors (Lipinski definition) is 3. The fourth-order valence-corrected chi connectivity index (χ4v) is 6.45. The van der Waals surface area contributed by atoms with Crippen LogP contribution >= 0.6 is 11.6 Å². The lowest BCUT2D eigenvalue weighted by Gasteiger charge is -2.30. The van der Waals surface area contributed by atoms with Gasteiger partial charge < -0.3 is 25.4 Å². The number of benzene rings is 2. The summed E-state index contributed by atoms with van der Waals surface area (Å²) in [7, 11) is 1.60. The lowest BCUT2D eigenvalue weighted by atomic mass is 9.85. The maximum absolute atomic E-state index is 15.7. The Balaban J connectivity index is 1.46. The van der Waals surface area contributed by atoms with Crippen LogP contribution in [-0.4, -0.2) is 52.8 Å². The molecule has 5 rings (SSSR count). The van der Waals surface area contributed by atoms with Gasteiger partial charge in [-0.25, -0.2) is 9.37 Å². The quantitative estimate of drug-likeness (QED) is 0.216. The van der Waals surface area contributed by atoms with Crippen LogP contribution in [0.25, 0.3) is 11.0 Å². The summed E-state index contributed by atoms with van der Waals surface area (Å²) in [6, 6.07) is 5.32. The number of nitrogens with one attached hydrogen (secondary N) is 3. The number of alkyl halides is 6. The van der Waals surface area contributed by atoms with Crippen molar-refractivity contribution >= 4 is 51.8 Å². The minimum Gasteiger partial charge on any atom is -0.370 e. The normalized spacial score (nSPS) is 20.5. The second-order valence-electron chi connectivity index (χ2n) is 13.8. The summed E-state index contributed by atoms with van der Waals surface area (Å²) in [5.74, 6) is -4.60. The Morgan fingerprint density at radius 2 is 1.61 bits per heavy atom. The number of carbonyl (C=O) groups excluding carboxylic acids is 2. The van der Waals surface area contributed by atoms with Crippen molar-refractivity contribution in [1.29, 1.82) is 0 Å². The van der Waals surface area contributed by atoms with Crippen LogP contribution < -0.4 is 20.9 Å². The monoisotopic (exact) mass is 718 g/mol. The van der Waals surface area contributed by atoms with Crippen molar-refractivity contribution in [1.82, 2.24) is 20.2 Å². The first-order chi connectivity index (χ1) is 22.7. The maximum atomic E-state index is 15.7. The number of halogens is 8. The number of aryl methyl sites for hydroxylation is 1. The van der Waals surface area contributed by atoms with E-state index in [-0.39, 0.29) is 96.6 Å². The molecule has 2 aliphatic rings. The van der Waals surface area contributed by atoms with Gasteiger partial charge in [0.1, 0.15) is 0 Å². The third-order valence-corrected chi connectivity index (χ3v) is 9.60. The van der Waals surface area contributed by atoms with Crippen LogP contribution in [0.2, 0.25) is 5.02 Å². The van der Waals surface area contributed by atoms with Crippen LogP contribution in [0.15, 0.2) is 24.3 Å². The molecule has 1 aliphatic heterocycles. The minimum atomic E-state index is -4.44. The summed E-state index contributed by atoms with van der Waals surface area (Å²) >= 11 is 6.35. The van der Waals surface area contributed by atoms with Gasteiger partial charge in [-0.05, 0) is 50.3 Å². The Labute approximate surface area is 283 Å². The molecule has 0 bridgehead atoms. The van der Waals surface area contributed by atoms with E-state index in [9.17, 15) is 35.9 Å². The molecule has 3 N–H and O–H groups in total. The van der Waals surface area contributed by atoms with Gasteiger partial charge in [0.2, 0.25) is 11.9 Å². The Hall–Kier alpha value is -3.75. The first-order valence-corrected chi connectivity index (χ1v) is 16.3. The van der Waals surface area contributed by atoms with Gasteiger partial charge >= 0.3 is 12.4 Å². The van der Waals surface area contributed by atoms with E-state index in [1.54, 1.807) is 32.4 Å². The number of rotatable bonds is 7. The second kappa shape index (κ2) is 13.5. The zero-order chi connectivity index (χ0) is 36.1. The average Bonchev–Trinajstić information content (AvgIpc) is 3.62. The van der Waals surface area contributed by atoms with E-state index >= 15 is 4.39 Å². The molecule has 1 unspecified atom stereocenters. The standard InChI is InChI=1S/C33H38ClF7N6O2/c1-31(2,3)29(49)42-15-17-5-10-22(34)27(26(17)35)45-30-44-23-13-21(28(48)43-20-8-6-18(7-9-20)32(36,37)38)24(14-25(23)46(30)4)47-12-11-19(16-47)33(39,40)41/h5,10,13-14,18-20H,6-9,11-12,15-16H2,1-4H3,(H,42,49)(H,43,48)(H,44,45). The van der Waals surface area contributed by atoms with E-state index < -0.39 is 47.4 Å². The number of hydrogen-bond acceptors (Lipinski definition) is 5. The molecular formula is C33H38ClF7N6O2. The van der Waals surface area contributed by atoms with Crippen molar-refractivity contribution in [2.75, 3.05) is 23.3 Å². The Morgan fingerprint density at radius 3 is 2.20 bits per heavy atom. The van der Waals surface area contributed by atoms with E-state index in [1.165, 1.54) is 29.2 Å². The summed E-state index contributed by atoms with van der Waals surface area (Å²) in [5.41, 5.74) is 0.261. The van der Waals surface area contributed by atoms with Gasteiger partial charge in [0.25, 0.3) is 5.91 Å². The van der Waals surface area contributed by atoms with Crippen molar-refractivity contribution in [3.63, 3.8) is 0 Å². The summed E-state index contributed by atoms with van der Waals surface area (Å²) in [5, 5.41) is 8.38. The predicted octanol–water partition coefficient (Wildman–Crippen LogP) is 8.01. The number of aromatic nitrogens is 2. The van der Waals surface area contributed by atoms with Crippen molar-refractivity contribution in [2.24, 2.45) is 24.3 Å². The fourth-order valence-electron chi connectivity index (χ4n) is 6.26. The maximum Gasteiger partial charge on any atom is 0.393 e. The highest BCUT2D eigenvalue weighted by Gasteiger charge is 2.45. The zero-order valence-electron chi connectivity index (χ0n) is 27.4. The number of carbonyl (C=O) groups is 2. The SMILES string of the molecule is Cn1c(Nc2c(Cl)ccc(CNC(=O)C(C)(C)C)c2F)nc2cc(C(=O)NC3CCC(C(F)(F)F)CC3)c(N3CCC(C(F)(F)F)C3)cc21. The van der Waals surface area contributed by atoms with Gasteiger partial charge in [0.05, 0.1) is 44.8 Å². The molecule has 1 saturated carbocycles. The van der Waals surface area contributed by atoms with Crippen LogP contribution in [-0.2, 0) is 18.4 Å². The molecule has 1 aliphatic carbocycles. The molecule has 8 nitrogen and oxygen atoms in total. The van der Waals surface area contributed by atoms with E-state index in [1.807, 2.05) is 0 Å². The third kappa shape index (κ3) is 8.02. The topological polar surface area (TPSA) is 91.3 Å². The lowest BCUT2D eigenvalue weighted by molar-refractivity contribution is -0.182. The van der Waals surface area contributed by atoms with E-state index in [2.05, 4.69) is 20.9 Å². The molecule has 1 aromatic heterocycles. The summed E-state index contributed by atoms with van der Waals surface area (Å²) in [4.78, 5) is 32.0. The van der Waals surface area contributed by atoms with Crippen molar-refractivity contribution in [2.45, 2.75) is 77.8 Å². The molecule has 268 valence electrons. The Morgan fingerprint density at radius 1 is 0.959 bits per heavy atom. The fraction of sp³-hybridized carbons (Fsp3) is 0.545. The summed E-state index contributed by atoms with van der Waals surface area (Å²) in [6.45, 7) is 4.70. The second-order valence-corrected chi connectivity index (χ2v) is 14.2. The predicted molar refractivity (Wildman–Crippen MR) is 172 cm³/mol. The largest absolute Gasteiger partial charge is 0.393 e. The Bertz CT molecular complexity index is 1730. The molecule has 16 heteroatoms. The van der Waals surface area contributed by atoms with Gasteiger partial charge in [-0.3, -0.25) is 9.59 Å². The lowest BCUT2D eigenvalue weighted by Crippen LogP contribution is -2.40. The molecule has 1 saturated heterocycles. The smallest absolute Gasteiger partial charge is 0.370 e. The van der Waals surface area contributed by atoms with Crippen molar-refractivity contribution in [3.8, 4) is 0 Å². The molecule has 0 radical (unpaired) electrons. The first kappa shape index (κ1) is 36.5. The van der Waals surface area contributed by atoms with Crippen LogP contribution in [0.5, 0.6) is 0 Å². The van der Waals surface area contributed by atoms with Crippen LogP contribution in [0.3, 0.4) is 0 Å². The molecule has 2 amide bonds. The minimum absolute atomic E-state index is 0.0201. The molecular weight excluding hydrogens is 681 g/mol. The van der Waals surface area contributed by atoms with Crippen LogP contribution in [0.1, 0.15) is 68.8 Å². The molecule has 49 heavy (non-hydrogen) atoms. The highest BCUT2D eigenvalue weighted by atomic mass is 35.5. The first-order valence-electron chi connectivity index (χ1n) is 16.0. The highest BCUT2D eigenvalue weighted by molar-refractivity contribution is 6.33. The van der Waals surface area contributed by atoms with Crippen molar-refractivity contribution in [3.05, 3.63) is 46.2 Å². The van der Waals surface area contributed by atoms with E-state index in [4.69, 9.17) is 11.6 Å². The zero-order valence-corrected chi connectivity index (χ0v) is 28.1. The van der Waals surface area contributed by atoms with Gasteiger partial charge in [-0.15, -0.1) is 0 Å². The number of nitrogens with zero attached hydrogens (tertiary/aromatic N) is 3. The molecule has 2 heterocycles. The van der Waals surface area contributed by atoms with Gasteiger partial charge in [-0.2, -0.15) is 26.3 Å². The average molecular weight is 719 g/mol. The number of fused-ring (bicyclic) bond motifs is 1. The van der Waals surface area contributed by atoms with Gasteiger partial charge in [-0.1, -0.05) is 38.4 Å². The summed E-state index contributed by atoms with van der Waals surface area (Å²) in [6.07, 6.45) is -9.00. The third-order valence-electron chi connectivity index (χ3n) is 9.29. The summed E-state index contributed by atoms with van der Waals surface area (Å²) < 4.78 is 97.7. The van der Waals surface area contributed by atoms with E-state index in [0.717, 1.165) is 0 Å². The van der Waals surface area contributed by atoms with Gasteiger partial charge in [0.15, 0.2) is 5.82 Å².